The van der Waals surface area contributed by atoms with Crippen LogP contribution in [0.5, 0.6) is 17.2 Å². The average Bonchev–Trinajstić information content (AvgIpc) is 2.79. The lowest BCUT2D eigenvalue weighted by Crippen LogP contribution is -2.49. The van der Waals surface area contributed by atoms with Crippen LogP contribution in [-0.2, 0) is 0 Å². The molecule has 1 saturated heterocycles. The van der Waals surface area contributed by atoms with Gasteiger partial charge in [-0.25, -0.2) is 0 Å². The van der Waals surface area contributed by atoms with E-state index in [0.717, 1.165) is 11.3 Å². The molecular weight excluding hydrogens is 370 g/mol. The van der Waals surface area contributed by atoms with Gasteiger partial charge in [0.1, 0.15) is 11.8 Å². The zero-order valence-electron chi connectivity index (χ0n) is 16.9. The second-order valence-corrected chi connectivity index (χ2v) is 6.70. The molecule has 29 heavy (non-hydrogen) atoms. The molecule has 1 heterocycles. The molecule has 152 valence electrons. The molecule has 1 unspecified atom stereocenters. The number of carbonyl (C=O) groups is 1. The first-order chi connectivity index (χ1) is 14.1. The summed E-state index contributed by atoms with van der Waals surface area (Å²) in [6, 6.07) is 14.7. The summed E-state index contributed by atoms with van der Waals surface area (Å²) < 4.78 is 15.7. The third-order valence-electron chi connectivity index (χ3n) is 5.15. The Morgan fingerprint density at radius 1 is 0.931 bits per heavy atom. The minimum Gasteiger partial charge on any atom is -0.497 e. The van der Waals surface area contributed by atoms with Crippen LogP contribution in [0.15, 0.2) is 42.5 Å². The summed E-state index contributed by atoms with van der Waals surface area (Å²) >= 11 is 0. The van der Waals surface area contributed by atoms with E-state index in [1.165, 1.54) is 0 Å². The molecule has 2 aromatic rings. The Morgan fingerprint density at radius 3 is 2.14 bits per heavy atom. The van der Waals surface area contributed by atoms with Crippen LogP contribution in [-0.4, -0.2) is 63.2 Å². The van der Waals surface area contributed by atoms with Gasteiger partial charge in [-0.3, -0.25) is 9.69 Å². The monoisotopic (exact) mass is 395 g/mol. The van der Waals surface area contributed by atoms with Crippen LogP contribution in [0.2, 0.25) is 0 Å². The third kappa shape index (κ3) is 4.44. The molecule has 0 bridgehead atoms. The number of methoxy groups -OCH3 is 3. The van der Waals surface area contributed by atoms with Crippen LogP contribution in [0, 0.1) is 11.3 Å². The van der Waals surface area contributed by atoms with Crippen molar-refractivity contribution in [1.29, 1.82) is 5.26 Å². The van der Waals surface area contributed by atoms with E-state index in [9.17, 15) is 10.1 Å². The Morgan fingerprint density at radius 2 is 1.59 bits per heavy atom. The summed E-state index contributed by atoms with van der Waals surface area (Å²) in [4.78, 5) is 16.8. The summed E-state index contributed by atoms with van der Waals surface area (Å²) in [5.41, 5.74) is 1.48. The molecule has 2 aromatic carbocycles. The van der Waals surface area contributed by atoms with Gasteiger partial charge >= 0.3 is 0 Å². The van der Waals surface area contributed by atoms with Crippen LogP contribution in [0.3, 0.4) is 0 Å². The van der Waals surface area contributed by atoms with E-state index in [-0.39, 0.29) is 11.9 Å². The Balaban J connectivity index is 1.66. The van der Waals surface area contributed by atoms with Crippen molar-refractivity contribution in [2.45, 2.75) is 6.04 Å². The summed E-state index contributed by atoms with van der Waals surface area (Å²) in [5, 5.41) is 9.69. The number of ether oxygens (including phenoxy) is 3. The molecule has 1 atom stereocenters. The maximum atomic E-state index is 12.9. The normalized spacial score (nSPS) is 15.3. The largest absolute Gasteiger partial charge is 0.497 e. The molecule has 1 aliphatic heterocycles. The molecule has 0 spiro atoms. The SMILES string of the molecule is COc1ccc(C(C#N)N2CCN(C(=O)c3ccc(OC)c(OC)c3)CC2)cc1. The molecule has 0 aliphatic carbocycles. The van der Waals surface area contributed by atoms with E-state index < -0.39 is 0 Å². The first-order valence-electron chi connectivity index (χ1n) is 9.40. The quantitative estimate of drug-likeness (QED) is 0.749. The van der Waals surface area contributed by atoms with Crippen molar-refractivity contribution >= 4 is 5.91 Å². The molecule has 0 saturated carbocycles. The summed E-state index contributed by atoms with van der Waals surface area (Å²) in [7, 11) is 4.73. The summed E-state index contributed by atoms with van der Waals surface area (Å²) in [5.74, 6) is 1.82. The number of hydrogen-bond acceptors (Lipinski definition) is 6. The fourth-order valence-corrected chi connectivity index (χ4v) is 3.49. The van der Waals surface area contributed by atoms with Crippen LogP contribution >= 0.6 is 0 Å². The van der Waals surface area contributed by atoms with Crippen LogP contribution < -0.4 is 14.2 Å². The van der Waals surface area contributed by atoms with Crippen molar-refractivity contribution in [2.24, 2.45) is 0 Å². The van der Waals surface area contributed by atoms with Crippen molar-refractivity contribution in [3.05, 3.63) is 53.6 Å². The van der Waals surface area contributed by atoms with Gasteiger partial charge in [0.25, 0.3) is 5.91 Å². The highest BCUT2D eigenvalue weighted by Gasteiger charge is 2.28. The van der Waals surface area contributed by atoms with Crippen LogP contribution in [0.1, 0.15) is 22.0 Å². The smallest absolute Gasteiger partial charge is 0.254 e. The van der Waals surface area contributed by atoms with E-state index in [2.05, 4.69) is 11.0 Å². The van der Waals surface area contributed by atoms with Gasteiger partial charge in [-0.05, 0) is 35.9 Å². The predicted octanol–water partition coefficient (Wildman–Crippen LogP) is 2.74. The van der Waals surface area contributed by atoms with Crippen molar-refractivity contribution < 1.29 is 19.0 Å². The van der Waals surface area contributed by atoms with Gasteiger partial charge in [0, 0.05) is 31.7 Å². The maximum absolute atomic E-state index is 12.9. The second-order valence-electron chi connectivity index (χ2n) is 6.70. The predicted molar refractivity (Wildman–Crippen MR) is 108 cm³/mol. The summed E-state index contributed by atoms with van der Waals surface area (Å²) in [6.45, 7) is 2.37. The Kier molecular flexibility index (Phi) is 6.57. The standard InChI is InChI=1S/C22H25N3O4/c1-27-18-7-4-16(5-8-18)19(15-23)24-10-12-25(13-11-24)22(26)17-6-9-20(28-2)21(14-17)29-3/h4-9,14,19H,10-13H2,1-3H3. The zero-order valence-corrected chi connectivity index (χ0v) is 16.9. The van der Waals surface area contributed by atoms with E-state index in [1.807, 2.05) is 24.3 Å². The number of nitriles is 1. The first-order valence-corrected chi connectivity index (χ1v) is 9.40. The molecule has 1 aliphatic rings. The topological polar surface area (TPSA) is 75.0 Å². The maximum Gasteiger partial charge on any atom is 0.254 e. The Bertz CT molecular complexity index is 884. The van der Waals surface area contributed by atoms with E-state index in [1.54, 1.807) is 44.4 Å². The zero-order chi connectivity index (χ0) is 20.8. The molecule has 0 radical (unpaired) electrons. The Hall–Kier alpha value is -3.24. The molecule has 0 aromatic heterocycles. The number of piperazine rings is 1. The Labute approximate surface area is 171 Å². The second kappa shape index (κ2) is 9.30. The highest BCUT2D eigenvalue weighted by Crippen LogP contribution is 2.29. The number of hydrogen-bond donors (Lipinski definition) is 0. The van der Waals surface area contributed by atoms with Gasteiger partial charge in [0.15, 0.2) is 11.5 Å². The van der Waals surface area contributed by atoms with Crippen molar-refractivity contribution in [2.75, 3.05) is 47.5 Å². The van der Waals surface area contributed by atoms with E-state index in [4.69, 9.17) is 14.2 Å². The highest BCUT2D eigenvalue weighted by molar-refractivity contribution is 5.95. The molecule has 1 amide bonds. The lowest BCUT2D eigenvalue weighted by molar-refractivity contribution is 0.0606. The van der Waals surface area contributed by atoms with Gasteiger partial charge in [-0.15, -0.1) is 0 Å². The number of nitrogens with zero attached hydrogens (tertiary/aromatic N) is 3. The highest BCUT2D eigenvalue weighted by atomic mass is 16.5. The lowest BCUT2D eigenvalue weighted by Gasteiger charge is -2.37. The van der Waals surface area contributed by atoms with E-state index in [0.29, 0.717) is 43.2 Å². The van der Waals surface area contributed by atoms with Gasteiger partial charge in [-0.2, -0.15) is 5.26 Å². The molecule has 7 heteroatoms. The molecular formula is C22H25N3O4. The van der Waals surface area contributed by atoms with Gasteiger partial charge < -0.3 is 19.1 Å². The molecule has 3 rings (SSSR count). The lowest BCUT2D eigenvalue weighted by atomic mass is 10.1. The third-order valence-corrected chi connectivity index (χ3v) is 5.15. The fourth-order valence-electron chi connectivity index (χ4n) is 3.49. The number of amides is 1. The molecule has 0 N–H and O–H groups in total. The minimum absolute atomic E-state index is 0.0523. The number of benzene rings is 2. The van der Waals surface area contributed by atoms with Crippen LogP contribution in [0.25, 0.3) is 0 Å². The molecule has 7 nitrogen and oxygen atoms in total. The van der Waals surface area contributed by atoms with Gasteiger partial charge in [0.05, 0.1) is 27.4 Å². The van der Waals surface area contributed by atoms with Crippen molar-refractivity contribution in [3.63, 3.8) is 0 Å². The average molecular weight is 395 g/mol. The number of carbonyl (C=O) groups excluding carboxylic acids is 1. The van der Waals surface area contributed by atoms with Crippen molar-refractivity contribution in [3.8, 4) is 23.3 Å². The van der Waals surface area contributed by atoms with E-state index >= 15 is 0 Å². The van der Waals surface area contributed by atoms with Gasteiger partial charge in [-0.1, -0.05) is 12.1 Å². The van der Waals surface area contributed by atoms with Crippen LogP contribution in [0.4, 0.5) is 0 Å². The molecule has 1 fully saturated rings. The first kappa shape index (κ1) is 20.5. The fraction of sp³-hybridized carbons (Fsp3) is 0.364. The minimum atomic E-state index is -0.348. The van der Waals surface area contributed by atoms with Crippen molar-refractivity contribution in [1.82, 2.24) is 9.80 Å². The van der Waals surface area contributed by atoms with Gasteiger partial charge in [0.2, 0.25) is 0 Å². The summed E-state index contributed by atoms with van der Waals surface area (Å²) in [6.07, 6.45) is 0. The number of rotatable bonds is 6.